The number of benzene rings is 1. The SMILES string of the molecule is COC(=O)CCOc1ccc(Br)cc1CN. The van der Waals surface area contributed by atoms with Crippen LogP contribution in [0.25, 0.3) is 0 Å². The average Bonchev–Trinajstić information content (AvgIpc) is 2.30. The Morgan fingerprint density at radius 1 is 1.50 bits per heavy atom. The summed E-state index contributed by atoms with van der Waals surface area (Å²) in [6.45, 7) is 0.689. The van der Waals surface area contributed by atoms with Gasteiger partial charge in [-0.3, -0.25) is 4.79 Å². The second-order valence-corrected chi connectivity index (χ2v) is 4.05. The summed E-state index contributed by atoms with van der Waals surface area (Å²) in [6.07, 6.45) is 0.233. The van der Waals surface area contributed by atoms with E-state index in [-0.39, 0.29) is 12.4 Å². The lowest BCUT2D eigenvalue weighted by atomic mass is 10.2. The summed E-state index contributed by atoms with van der Waals surface area (Å²) in [5.41, 5.74) is 6.49. The molecule has 0 heterocycles. The summed E-state index contributed by atoms with van der Waals surface area (Å²) in [6, 6.07) is 5.59. The molecule has 1 rings (SSSR count). The summed E-state index contributed by atoms with van der Waals surface area (Å²) in [4.78, 5) is 10.9. The van der Waals surface area contributed by atoms with Gasteiger partial charge in [0.15, 0.2) is 0 Å². The van der Waals surface area contributed by atoms with Crippen LogP contribution < -0.4 is 10.5 Å². The van der Waals surface area contributed by atoms with Crippen molar-refractivity contribution < 1.29 is 14.3 Å². The number of halogens is 1. The van der Waals surface area contributed by atoms with E-state index in [9.17, 15) is 4.79 Å². The normalized spacial score (nSPS) is 9.94. The molecule has 0 saturated heterocycles. The molecule has 0 bridgehead atoms. The standard InChI is InChI=1S/C11H14BrNO3/c1-15-11(14)4-5-16-10-3-2-9(12)6-8(10)7-13/h2-3,6H,4-5,7,13H2,1H3. The van der Waals surface area contributed by atoms with Gasteiger partial charge in [0, 0.05) is 16.6 Å². The first-order valence-corrected chi connectivity index (χ1v) is 5.64. The van der Waals surface area contributed by atoms with Gasteiger partial charge in [-0.2, -0.15) is 0 Å². The van der Waals surface area contributed by atoms with Crippen LogP contribution in [0.4, 0.5) is 0 Å². The molecule has 0 spiro atoms. The summed E-state index contributed by atoms with van der Waals surface area (Å²) in [5.74, 6) is 0.418. The molecule has 0 atom stereocenters. The van der Waals surface area contributed by atoms with Crippen LogP contribution in [-0.4, -0.2) is 19.7 Å². The maximum absolute atomic E-state index is 10.9. The van der Waals surface area contributed by atoms with E-state index in [1.54, 1.807) is 0 Å². The molecule has 0 aliphatic carbocycles. The highest BCUT2D eigenvalue weighted by atomic mass is 79.9. The van der Waals surface area contributed by atoms with E-state index < -0.39 is 0 Å². The van der Waals surface area contributed by atoms with Crippen LogP contribution in [0, 0.1) is 0 Å². The lowest BCUT2D eigenvalue weighted by Gasteiger charge is -2.10. The average molecular weight is 288 g/mol. The van der Waals surface area contributed by atoms with Crippen LogP contribution in [0.2, 0.25) is 0 Å². The number of carbonyl (C=O) groups excluding carboxylic acids is 1. The van der Waals surface area contributed by atoms with Crippen molar-refractivity contribution in [1.82, 2.24) is 0 Å². The first kappa shape index (κ1) is 13.0. The number of carbonyl (C=O) groups is 1. The Labute approximate surface area is 103 Å². The number of hydrogen-bond donors (Lipinski definition) is 1. The van der Waals surface area contributed by atoms with Gasteiger partial charge in [0.05, 0.1) is 20.1 Å². The van der Waals surface area contributed by atoms with Gasteiger partial charge in [-0.05, 0) is 18.2 Å². The smallest absolute Gasteiger partial charge is 0.308 e. The molecule has 0 aliphatic rings. The molecule has 0 aliphatic heterocycles. The largest absolute Gasteiger partial charge is 0.493 e. The highest BCUT2D eigenvalue weighted by Gasteiger charge is 2.05. The number of methoxy groups -OCH3 is 1. The van der Waals surface area contributed by atoms with E-state index in [1.165, 1.54) is 7.11 Å². The maximum atomic E-state index is 10.9. The van der Waals surface area contributed by atoms with Crippen molar-refractivity contribution in [3.05, 3.63) is 28.2 Å². The van der Waals surface area contributed by atoms with Crippen LogP contribution in [0.15, 0.2) is 22.7 Å². The first-order chi connectivity index (χ1) is 7.67. The molecule has 0 aromatic heterocycles. The summed E-state index contributed by atoms with van der Waals surface area (Å²) >= 11 is 3.35. The predicted octanol–water partition coefficient (Wildman–Crippen LogP) is 1.85. The van der Waals surface area contributed by atoms with Crippen LogP contribution >= 0.6 is 15.9 Å². The predicted molar refractivity (Wildman–Crippen MR) is 64.2 cm³/mol. The lowest BCUT2D eigenvalue weighted by Crippen LogP contribution is -2.09. The molecule has 0 unspecified atom stereocenters. The quantitative estimate of drug-likeness (QED) is 0.840. The lowest BCUT2D eigenvalue weighted by molar-refractivity contribution is -0.141. The Balaban J connectivity index is 2.56. The minimum absolute atomic E-state index is 0.233. The van der Waals surface area contributed by atoms with Gasteiger partial charge < -0.3 is 15.2 Å². The minimum Gasteiger partial charge on any atom is -0.493 e. The number of ether oxygens (including phenoxy) is 2. The molecule has 0 amide bonds. The number of hydrogen-bond acceptors (Lipinski definition) is 4. The van der Waals surface area contributed by atoms with Crippen molar-refractivity contribution in [3.63, 3.8) is 0 Å². The fourth-order valence-corrected chi connectivity index (χ4v) is 1.60. The van der Waals surface area contributed by atoms with Crippen molar-refractivity contribution in [1.29, 1.82) is 0 Å². The summed E-state index contributed by atoms with van der Waals surface area (Å²) in [5, 5.41) is 0. The molecule has 1 aromatic carbocycles. The van der Waals surface area contributed by atoms with E-state index >= 15 is 0 Å². The zero-order valence-electron chi connectivity index (χ0n) is 9.03. The highest BCUT2D eigenvalue weighted by Crippen LogP contribution is 2.22. The van der Waals surface area contributed by atoms with Gasteiger partial charge in [-0.1, -0.05) is 15.9 Å². The molecule has 16 heavy (non-hydrogen) atoms. The molecular formula is C11H14BrNO3. The van der Waals surface area contributed by atoms with Crippen LogP contribution in [0.3, 0.4) is 0 Å². The number of esters is 1. The van der Waals surface area contributed by atoms with Crippen molar-refractivity contribution in [2.45, 2.75) is 13.0 Å². The topological polar surface area (TPSA) is 61.5 Å². The van der Waals surface area contributed by atoms with Gasteiger partial charge in [-0.25, -0.2) is 0 Å². The molecule has 4 nitrogen and oxygen atoms in total. The Morgan fingerprint density at radius 3 is 2.88 bits per heavy atom. The van der Waals surface area contributed by atoms with E-state index in [2.05, 4.69) is 20.7 Å². The summed E-state index contributed by atoms with van der Waals surface area (Å²) in [7, 11) is 1.35. The molecule has 1 aromatic rings. The molecular weight excluding hydrogens is 274 g/mol. The first-order valence-electron chi connectivity index (χ1n) is 4.85. The van der Waals surface area contributed by atoms with Crippen molar-refractivity contribution >= 4 is 21.9 Å². The van der Waals surface area contributed by atoms with E-state index in [0.29, 0.717) is 18.9 Å². The fraction of sp³-hybridized carbons (Fsp3) is 0.364. The monoisotopic (exact) mass is 287 g/mol. The van der Waals surface area contributed by atoms with E-state index in [0.717, 1.165) is 10.0 Å². The van der Waals surface area contributed by atoms with Gasteiger partial charge in [0.2, 0.25) is 0 Å². The van der Waals surface area contributed by atoms with Gasteiger partial charge in [0.25, 0.3) is 0 Å². The Hall–Kier alpha value is -1.07. The van der Waals surface area contributed by atoms with Crippen LogP contribution in [-0.2, 0) is 16.1 Å². The highest BCUT2D eigenvalue weighted by molar-refractivity contribution is 9.10. The van der Waals surface area contributed by atoms with Gasteiger partial charge in [0.1, 0.15) is 5.75 Å². The molecule has 88 valence electrons. The van der Waals surface area contributed by atoms with Gasteiger partial charge >= 0.3 is 5.97 Å². The second-order valence-electron chi connectivity index (χ2n) is 3.13. The third kappa shape index (κ3) is 3.83. The Morgan fingerprint density at radius 2 is 2.25 bits per heavy atom. The molecule has 0 radical (unpaired) electrons. The zero-order valence-corrected chi connectivity index (χ0v) is 10.6. The Bertz CT molecular complexity index is 368. The van der Waals surface area contributed by atoms with E-state index in [4.69, 9.17) is 10.5 Å². The third-order valence-electron chi connectivity index (χ3n) is 2.03. The molecule has 2 N–H and O–H groups in total. The van der Waals surface area contributed by atoms with Crippen molar-refractivity contribution in [2.24, 2.45) is 5.73 Å². The van der Waals surface area contributed by atoms with Gasteiger partial charge in [-0.15, -0.1) is 0 Å². The van der Waals surface area contributed by atoms with Crippen molar-refractivity contribution in [2.75, 3.05) is 13.7 Å². The second kappa shape index (κ2) is 6.50. The molecule has 5 heteroatoms. The zero-order chi connectivity index (χ0) is 12.0. The van der Waals surface area contributed by atoms with Crippen LogP contribution in [0.1, 0.15) is 12.0 Å². The summed E-state index contributed by atoms with van der Waals surface area (Å²) < 4.78 is 10.9. The van der Waals surface area contributed by atoms with E-state index in [1.807, 2.05) is 18.2 Å². The minimum atomic E-state index is -0.286. The molecule has 0 fully saturated rings. The third-order valence-corrected chi connectivity index (χ3v) is 2.53. The number of nitrogens with two attached hydrogens (primary N) is 1. The Kier molecular flexibility index (Phi) is 5.28. The van der Waals surface area contributed by atoms with Crippen molar-refractivity contribution in [3.8, 4) is 5.75 Å². The fourth-order valence-electron chi connectivity index (χ4n) is 1.19. The number of rotatable bonds is 5. The maximum Gasteiger partial charge on any atom is 0.308 e. The molecule has 0 saturated carbocycles. The van der Waals surface area contributed by atoms with Crippen LogP contribution in [0.5, 0.6) is 5.75 Å².